The van der Waals surface area contributed by atoms with Crippen molar-refractivity contribution in [1.82, 2.24) is 0 Å². The van der Waals surface area contributed by atoms with E-state index in [1.54, 1.807) is 6.92 Å². The summed E-state index contributed by atoms with van der Waals surface area (Å²) in [4.78, 5) is 21.7. The molecule has 7 nitrogen and oxygen atoms in total. The summed E-state index contributed by atoms with van der Waals surface area (Å²) in [7, 11) is 0. The van der Waals surface area contributed by atoms with Gasteiger partial charge in [-0.05, 0) is 38.2 Å². The van der Waals surface area contributed by atoms with E-state index in [9.17, 15) is 9.59 Å². The van der Waals surface area contributed by atoms with Crippen LogP contribution in [0, 0.1) is 20.0 Å². The van der Waals surface area contributed by atoms with Crippen LogP contribution in [-0.2, 0) is 56.7 Å². The predicted octanol–water partition coefficient (Wildman–Crippen LogP) is 3.47. The number of unbranched alkanes of at least 4 members (excludes halogenated alkanes) is 1. The Morgan fingerprint density at radius 2 is 1.55 bits per heavy atom. The molecule has 0 heterocycles. The van der Waals surface area contributed by atoms with Gasteiger partial charge >= 0.3 is 51.0 Å². The number of ether oxygens (including phenoxy) is 2. The van der Waals surface area contributed by atoms with Crippen LogP contribution in [0.3, 0.4) is 0 Å². The summed E-state index contributed by atoms with van der Waals surface area (Å²) in [6.07, 6.45) is 4.23. The molecule has 0 bridgehead atoms. The molecule has 158 valence electrons. The molecule has 0 aliphatic rings. The van der Waals surface area contributed by atoms with Crippen LogP contribution in [-0.4, -0.2) is 25.0 Å². The van der Waals surface area contributed by atoms with Crippen molar-refractivity contribution in [1.29, 1.82) is 0 Å². The van der Waals surface area contributed by atoms with Gasteiger partial charge in [-0.3, -0.25) is 4.79 Å². The summed E-state index contributed by atoms with van der Waals surface area (Å²) in [5, 5.41) is 0. The molecular weight excluding hydrogens is 420 g/mol. The summed E-state index contributed by atoms with van der Waals surface area (Å²) in [6, 6.07) is 10.1. The number of benzene rings is 1. The third-order valence-corrected chi connectivity index (χ3v) is 3.42. The SMILES string of the molecule is C[C@H](CCCC(=O)CCCCOCc1ccccc1)O[C-]=O.[C-]#[O+].[C-]#[O+].[C-]#[O+].[Fe+2]. The Morgan fingerprint density at radius 3 is 2.10 bits per heavy atom. The van der Waals surface area contributed by atoms with Crippen LogP contribution < -0.4 is 0 Å². The fraction of sp³-hybridized carbons (Fsp3) is 0.476. The summed E-state index contributed by atoms with van der Waals surface area (Å²) >= 11 is 0. The van der Waals surface area contributed by atoms with Gasteiger partial charge in [0, 0.05) is 19.4 Å². The molecule has 0 N–H and O–H groups in total. The van der Waals surface area contributed by atoms with Crippen molar-refractivity contribution >= 4 is 12.3 Å². The van der Waals surface area contributed by atoms with Crippen molar-refractivity contribution in [3.8, 4) is 0 Å². The molecule has 0 aliphatic heterocycles. The average Bonchev–Trinajstić information content (AvgIpc) is 2.76. The number of hydrogen-bond acceptors (Lipinski definition) is 4. The molecule has 0 aliphatic carbocycles. The monoisotopic (exact) mass is 445 g/mol. The van der Waals surface area contributed by atoms with E-state index in [1.807, 2.05) is 30.3 Å². The van der Waals surface area contributed by atoms with Crippen molar-refractivity contribution in [3.63, 3.8) is 0 Å². The molecule has 1 rings (SSSR count). The smallest absolute Gasteiger partial charge is 2.00 e. The maximum Gasteiger partial charge on any atom is 2.00 e. The standard InChI is InChI=1S/C18H25O4.3CO.Fe/c1-16(22-15-19)8-7-12-18(20)11-5-6-13-21-14-17-9-3-2-4-10-17;3*1-2;/h2-4,9-10,16H,5-8,11-14H2,1H3;;;;/q-1;;;;+2/t16-;;;;/m1..../s1. The summed E-state index contributed by atoms with van der Waals surface area (Å²) in [6.45, 7) is 18.0. The Balaban J connectivity index is -0.000000407. The molecule has 0 fully saturated rings. The van der Waals surface area contributed by atoms with Gasteiger partial charge in [0.2, 0.25) is 0 Å². The van der Waals surface area contributed by atoms with Gasteiger partial charge in [0.25, 0.3) is 0 Å². The Kier molecular flexibility index (Phi) is 36.7. The minimum absolute atomic E-state index is 0. The maximum atomic E-state index is 11.7. The second-order valence-corrected chi connectivity index (χ2v) is 5.44. The van der Waals surface area contributed by atoms with E-state index in [4.69, 9.17) is 18.7 Å². The van der Waals surface area contributed by atoms with Gasteiger partial charge in [-0.15, -0.1) is 0 Å². The second kappa shape index (κ2) is 30.8. The Bertz CT molecular complexity index is 527. The largest absolute Gasteiger partial charge is 2.00 e. The minimum atomic E-state index is -0.156. The number of carbonyl (C=O) groups excluding carboxylic acids is 2. The van der Waals surface area contributed by atoms with E-state index in [0.29, 0.717) is 32.5 Å². The molecule has 1 aromatic carbocycles. The van der Waals surface area contributed by atoms with Gasteiger partial charge in [0.15, 0.2) is 0 Å². The van der Waals surface area contributed by atoms with E-state index in [-0.39, 0.29) is 29.0 Å². The van der Waals surface area contributed by atoms with Gasteiger partial charge in [-0.2, -0.15) is 0 Å². The third kappa shape index (κ3) is 26.1. The molecule has 0 saturated carbocycles. The van der Waals surface area contributed by atoms with Crippen molar-refractivity contribution in [2.24, 2.45) is 0 Å². The molecule has 8 heteroatoms. The topological polar surface area (TPSA) is 112 Å². The normalized spacial score (nSPS) is 9.21. The predicted molar refractivity (Wildman–Crippen MR) is 96.8 cm³/mol. The Morgan fingerprint density at radius 1 is 1.00 bits per heavy atom. The first-order valence-electron chi connectivity index (χ1n) is 8.49. The van der Waals surface area contributed by atoms with E-state index >= 15 is 0 Å². The summed E-state index contributed by atoms with van der Waals surface area (Å²) in [5.74, 6) is 0.269. The fourth-order valence-corrected chi connectivity index (χ4v) is 2.14. The first-order chi connectivity index (χ1) is 13.7. The number of rotatable bonds is 13. The zero-order valence-corrected chi connectivity index (χ0v) is 17.4. The molecule has 0 aromatic heterocycles. The van der Waals surface area contributed by atoms with Crippen LogP contribution in [0.4, 0.5) is 0 Å². The molecule has 0 spiro atoms. The van der Waals surface area contributed by atoms with Gasteiger partial charge < -0.3 is 14.3 Å². The molecule has 29 heavy (non-hydrogen) atoms. The molecular formula is C21H25FeO7+. The molecule has 0 radical (unpaired) electrons. The van der Waals surface area contributed by atoms with Crippen molar-refractivity contribution < 1.29 is 50.1 Å². The van der Waals surface area contributed by atoms with E-state index < -0.39 is 0 Å². The third-order valence-electron chi connectivity index (χ3n) is 3.42. The molecule has 0 amide bonds. The minimum Gasteiger partial charge on any atom is 2.00 e. The second-order valence-electron chi connectivity index (χ2n) is 5.44. The summed E-state index contributed by atoms with van der Waals surface area (Å²) < 4.78 is 32.7. The van der Waals surface area contributed by atoms with Crippen molar-refractivity contribution in [2.45, 2.75) is 58.2 Å². The van der Waals surface area contributed by atoms with Crippen molar-refractivity contribution in [3.05, 3.63) is 55.8 Å². The number of carbonyl (C=O) groups is 1. The van der Waals surface area contributed by atoms with Crippen LogP contribution in [0.5, 0.6) is 0 Å². The van der Waals surface area contributed by atoms with E-state index in [0.717, 1.165) is 19.3 Å². The van der Waals surface area contributed by atoms with Gasteiger partial charge in [-0.25, -0.2) is 0 Å². The zero-order chi connectivity index (χ0) is 22.0. The molecule has 0 saturated heterocycles. The van der Waals surface area contributed by atoms with Gasteiger partial charge in [-0.1, -0.05) is 36.8 Å². The summed E-state index contributed by atoms with van der Waals surface area (Å²) in [5.41, 5.74) is 1.17. The van der Waals surface area contributed by atoms with Gasteiger partial charge in [0.1, 0.15) is 5.78 Å². The Hall–Kier alpha value is -1.94. The number of Topliss-reactive ketones (excluding diaryl/α,β-unsaturated/α-hetero) is 1. The molecule has 1 aromatic rings. The van der Waals surface area contributed by atoms with Crippen LogP contribution in [0.15, 0.2) is 30.3 Å². The van der Waals surface area contributed by atoms with Crippen LogP contribution in [0.2, 0.25) is 0 Å². The van der Waals surface area contributed by atoms with Crippen LogP contribution >= 0.6 is 0 Å². The fourth-order valence-electron chi connectivity index (χ4n) is 2.14. The first-order valence-corrected chi connectivity index (χ1v) is 8.49. The number of hydrogen-bond donors (Lipinski definition) is 0. The number of ketones is 1. The molecule has 0 unspecified atom stereocenters. The maximum absolute atomic E-state index is 11.7. The van der Waals surface area contributed by atoms with Crippen molar-refractivity contribution in [2.75, 3.05) is 6.61 Å². The van der Waals surface area contributed by atoms with E-state index in [2.05, 4.69) is 24.7 Å². The Labute approximate surface area is 183 Å². The van der Waals surface area contributed by atoms with Crippen LogP contribution in [0.1, 0.15) is 51.0 Å². The van der Waals surface area contributed by atoms with E-state index in [1.165, 1.54) is 12.0 Å². The first kappa shape index (κ1) is 34.6. The van der Waals surface area contributed by atoms with Crippen LogP contribution in [0.25, 0.3) is 0 Å². The average molecular weight is 445 g/mol. The molecule has 1 atom stereocenters. The van der Waals surface area contributed by atoms with Gasteiger partial charge in [0.05, 0.1) is 12.7 Å². The quantitative estimate of drug-likeness (QED) is 0.200. The zero-order valence-electron chi connectivity index (χ0n) is 16.3.